The maximum absolute atomic E-state index is 14.2. The van der Waals surface area contributed by atoms with E-state index in [1.165, 1.54) is 18.2 Å². The quantitative estimate of drug-likeness (QED) is 0.363. The fourth-order valence-corrected chi connectivity index (χ4v) is 3.45. The van der Waals surface area contributed by atoms with E-state index in [-0.39, 0.29) is 17.8 Å². The molecular weight excluding hydrogens is 392 g/mol. The lowest BCUT2D eigenvalue weighted by atomic mass is 9.91. The highest BCUT2D eigenvalue weighted by Crippen LogP contribution is 2.37. The lowest BCUT2D eigenvalue weighted by molar-refractivity contribution is -0.150. The van der Waals surface area contributed by atoms with Gasteiger partial charge in [-0.1, -0.05) is 60.7 Å². The third-order valence-electron chi connectivity index (χ3n) is 5.08. The summed E-state index contributed by atoms with van der Waals surface area (Å²) in [6, 6.07) is 19.9. The Balaban J connectivity index is 1.64. The van der Waals surface area contributed by atoms with Crippen LogP contribution in [0, 0.1) is 5.82 Å². The molecule has 0 N–H and O–H groups in total. The van der Waals surface area contributed by atoms with Gasteiger partial charge in [-0.05, 0) is 54.5 Å². The zero-order valence-corrected chi connectivity index (χ0v) is 16.8. The molecule has 1 nitrogen and oxygen atoms in total. The van der Waals surface area contributed by atoms with Crippen molar-refractivity contribution >= 4 is 0 Å². The molecule has 0 heterocycles. The SMILES string of the molecule is CCOc1ccc(CCc2ccc(C[C@@H](c3ccccc3)C(F)(F)F)cc2)c(F)c1. The molecule has 0 radical (unpaired) electrons. The first-order chi connectivity index (χ1) is 14.4. The van der Waals surface area contributed by atoms with E-state index in [4.69, 9.17) is 4.74 Å². The van der Waals surface area contributed by atoms with Crippen LogP contribution in [-0.2, 0) is 19.3 Å². The van der Waals surface area contributed by atoms with Gasteiger partial charge in [-0.15, -0.1) is 0 Å². The molecule has 0 bridgehead atoms. The first kappa shape index (κ1) is 21.9. The van der Waals surface area contributed by atoms with Crippen LogP contribution in [0.15, 0.2) is 72.8 Å². The third-order valence-corrected chi connectivity index (χ3v) is 5.08. The summed E-state index contributed by atoms with van der Waals surface area (Å²) in [5.41, 5.74) is 2.43. The van der Waals surface area contributed by atoms with E-state index >= 15 is 0 Å². The van der Waals surface area contributed by atoms with Crippen molar-refractivity contribution in [2.45, 2.75) is 38.3 Å². The zero-order valence-electron chi connectivity index (χ0n) is 16.8. The average Bonchev–Trinajstić information content (AvgIpc) is 2.72. The van der Waals surface area contributed by atoms with Gasteiger partial charge in [0, 0.05) is 6.07 Å². The lowest BCUT2D eigenvalue weighted by Crippen LogP contribution is -2.23. The minimum atomic E-state index is -4.31. The summed E-state index contributed by atoms with van der Waals surface area (Å²) in [5.74, 6) is -1.35. The molecule has 30 heavy (non-hydrogen) atoms. The second-order valence-electron chi connectivity index (χ2n) is 7.21. The van der Waals surface area contributed by atoms with Gasteiger partial charge < -0.3 is 4.74 Å². The Morgan fingerprint density at radius 2 is 1.50 bits per heavy atom. The number of ether oxygens (including phenoxy) is 1. The van der Waals surface area contributed by atoms with Crippen LogP contribution in [0.5, 0.6) is 5.75 Å². The van der Waals surface area contributed by atoms with E-state index in [2.05, 4.69) is 0 Å². The molecule has 0 saturated heterocycles. The van der Waals surface area contributed by atoms with Crippen molar-refractivity contribution in [2.24, 2.45) is 0 Å². The van der Waals surface area contributed by atoms with Crippen molar-refractivity contribution in [1.82, 2.24) is 0 Å². The number of aryl methyl sites for hydroxylation is 2. The zero-order chi connectivity index (χ0) is 21.6. The van der Waals surface area contributed by atoms with Crippen LogP contribution in [0.4, 0.5) is 17.6 Å². The van der Waals surface area contributed by atoms with Gasteiger partial charge in [-0.2, -0.15) is 13.2 Å². The van der Waals surface area contributed by atoms with Crippen LogP contribution < -0.4 is 4.74 Å². The molecule has 0 amide bonds. The summed E-state index contributed by atoms with van der Waals surface area (Å²) in [7, 11) is 0. The molecule has 0 aromatic heterocycles. The number of alkyl halides is 3. The predicted octanol–water partition coefficient (Wildman–Crippen LogP) is 6.90. The second kappa shape index (κ2) is 9.79. The summed E-state index contributed by atoms with van der Waals surface area (Å²) >= 11 is 0. The molecule has 3 rings (SSSR count). The normalized spacial score (nSPS) is 12.6. The van der Waals surface area contributed by atoms with Crippen molar-refractivity contribution in [3.8, 4) is 5.75 Å². The van der Waals surface area contributed by atoms with Crippen molar-refractivity contribution in [1.29, 1.82) is 0 Å². The van der Waals surface area contributed by atoms with Crippen molar-refractivity contribution in [2.75, 3.05) is 6.61 Å². The molecule has 3 aromatic carbocycles. The molecule has 0 aliphatic carbocycles. The number of benzene rings is 3. The van der Waals surface area contributed by atoms with E-state index < -0.39 is 12.1 Å². The van der Waals surface area contributed by atoms with Gasteiger partial charge in [-0.3, -0.25) is 0 Å². The molecule has 1 atom stereocenters. The Morgan fingerprint density at radius 3 is 2.10 bits per heavy atom. The molecule has 5 heteroatoms. The van der Waals surface area contributed by atoms with Crippen molar-refractivity contribution in [3.05, 3.63) is 101 Å². The van der Waals surface area contributed by atoms with Crippen LogP contribution in [0.25, 0.3) is 0 Å². The first-order valence-corrected chi connectivity index (χ1v) is 9.97. The summed E-state index contributed by atoms with van der Waals surface area (Å²) in [6.07, 6.45) is -3.31. The molecule has 0 fully saturated rings. The Labute approximate surface area is 174 Å². The number of halogens is 4. The molecule has 0 spiro atoms. The maximum Gasteiger partial charge on any atom is 0.396 e. The van der Waals surface area contributed by atoms with Gasteiger partial charge in [0.15, 0.2) is 0 Å². The molecular formula is C25H24F4O. The minimum absolute atomic E-state index is 0.110. The fraction of sp³-hybridized carbons (Fsp3) is 0.280. The topological polar surface area (TPSA) is 9.23 Å². The maximum atomic E-state index is 14.2. The van der Waals surface area contributed by atoms with Gasteiger partial charge in [0.25, 0.3) is 0 Å². The Bertz CT molecular complexity index is 934. The van der Waals surface area contributed by atoms with E-state index in [1.807, 2.05) is 19.1 Å². The van der Waals surface area contributed by atoms with Gasteiger partial charge in [0.2, 0.25) is 0 Å². The summed E-state index contributed by atoms with van der Waals surface area (Å²) in [6.45, 7) is 2.32. The van der Waals surface area contributed by atoms with Crippen molar-refractivity contribution in [3.63, 3.8) is 0 Å². The van der Waals surface area contributed by atoms with Crippen LogP contribution in [0.3, 0.4) is 0 Å². The highest BCUT2D eigenvalue weighted by atomic mass is 19.4. The van der Waals surface area contributed by atoms with E-state index in [0.29, 0.717) is 36.3 Å². The monoisotopic (exact) mass is 416 g/mol. The third kappa shape index (κ3) is 5.85. The predicted molar refractivity (Wildman–Crippen MR) is 110 cm³/mol. The lowest BCUT2D eigenvalue weighted by Gasteiger charge is -2.21. The van der Waals surface area contributed by atoms with Gasteiger partial charge >= 0.3 is 6.18 Å². The van der Waals surface area contributed by atoms with Gasteiger partial charge in [0.05, 0.1) is 12.5 Å². The Kier molecular flexibility index (Phi) is 7.14. The Morgan fingerprint density at radius 1 is 0.833 bits per heavy atom. The fourth-order valence-electron chi connectivity index (χ4n) is 3.45. The standard InChI is InChI=1S/C25H24F4O/c1-2-30-22-15-14-21(24(26)17-22)13-12-18-8-10-19(11-9-18)16-23(25(27,28)29)20-6-4-3-5-7-20/h3-11,14-15,17,23H,2,12-13,16H2,1H3/t23-/m0/s1. The summed E-state index contributed by atoms with van der Waals surface area (Å²) in [4.78, 5) is 0. The summed E-state index contributed by atoms with van der Waals surface area (Å²) < 4.78 is 60.1. The minimum Gasteiger partial charge on any atom is -0.494 e. The molecule has 0 aliphatic rings. The van der Waals surface area contributed by atoms with Crippen LogP contribution in [-0.4, -0.2) is 12.8 Å². The summed E-state index contributed by atoms with van der Waals surface area (Å²) in [5, 5.41) is 0. The number of hydrogen-bond donors (Lipinski definition) is 0. The number of rotatable bonds is 8. The smallest absolute Gasteiger partial charge is 0.396 e. The van der Waals surface area contributed by atoms with Gasteiger partial charge in [-0.25, -0.2) is 4.39 Å². The highest BCUT2D eigenvalue weighted by Gasteiger charge is 2.40. The van der Waals surface area contributed by atoms with Crippen molar-refractivity contribution < 1.29 is 22.3 Å². The highest BCUT2D eigenvalue weighted by molar-refractivity contribution is 5.31. The van der Waals surface area contributed by atoms with Crippen LogP contribution in [0.1, 0.15) is 35.1 Å². The second-order valence-corrected chi connectivity index (χ2v) is 7.21. The number of hydrogen-bond acceptors (Lipinski definition) is 1. The van der Waals surface area contributed by atoms with E-state index in [9.17, 15) is 17.6 Å². The Hall–Kier alpha value is -2.82. The molecule has 0 aliphatic heterocycles. The average molecular weight is 416 g/mol. The molecule has 0 saturated carbocycles. The van der Waals surface area contributed by atoms with Crippen LogP contribution >= 0.6 is 0 Å². The first-order valence-electron chi connectivity index (χ1n) is 9.97. The van der Waals surface area contributed by atoms with Crippen LogP contribution in [0.2, 0.25) is 0 Å². The van der Waals surface area contributed by atoms with E-state index in [1.54, 1.807) is 42.5 Å². The van der Waals surface area contributed by atoms with E-state index in [0.717, 1.165) is 5.56 Å². The molecule has 158 valence electrons. The van der Waals surface area contributed by atoms with Gasteiger partial charge in [0.1, 0.15) is 11.6 Å². The largest absolute Gasteiger partial charge is 0.494 e. The molecule has 3 aromatic rings. The molecule has 0 unspecified atom stereocenters.